The summed E-state index contributed by atoms with van der Waals surface area (Å²) in [6, 6.07) is 6.44. The SMILES string of the molecule is Nc1cnccc1-c1cc(Br)ccc1F. The summed E-state index contributed by atoms with van der Waals surface area (Å²) in [5.74, 6) is -0.295. The molecule has 0 aliphatic heterocycles. The maximum absolute atomic E-state index is 13.5. The highest BCUT2D eigenvalue weighted by molar-refractivity contribution is 9.10. The molecule has 2 nitrogen and oxygen atoms in total. The van der Waals surface area contributed by atoms with Crippen molar-refractivity contribution in [1.82, 2.24) is 4.98 Å². The summed E-state index contributed by atoms with van der Waals surface area (Å²) in [5, 5.41) is 0. The number of halogens is 2. The summed E-state index contributed by atoms with van der Waals surface area (Å²) in [7, 11) is 0. The minimum atomic E-state index is -0.295. The van der Waals surface area contributed by atoms with Gasteiger partial charge in [-0.15, -0.1) is 0 Å². The maximum atomic E-state index is 13.5. The molecular formula is C11H8BrFN2. The van der Waals surface area contributed by atoms with Crippen LogP contribution < -0.4 is 5.73 Å². The van der Waals surface area contributed by atoms with E-state index in [4.69, 9.17) is 5.73 Å². The molecule has 0 saturated carbocycles. The Bertz CT molecular complexity index is 500. The fraction of sp³-hybridized carbons (Fsp3) is 0. The van der Waals surface area contributed by atoms with Crippen molar-refractivity contribution in [1.29, 1.82) is 0 Å². The lowest BCUT2D eigenvalue weighted by Gasteiger charge is -2.06. The number of nitrogen functional groups attached to an aromatic ring is 1. The van der Waals surface area contributed by atoms with Crippen molar-refractivity contribution in [2.45, 2.75) is 0 Å². The van der Waals surface area contributed by atoms with Crippen molar-refractivity contribution in [2.24, 2.45) is 0 Å². The number of nitrogens with zero attached hydrogens (tertiary/aromatic N) is 1. The van der Waals surface area contributed by atoms with Gasteiger partial charge in [-0.05, 0) is 24.3 Å². The number of hydrogen-bond donors (Lipinski definition) is 1. The third-order valence-corrected chi connectivity index (χ3v) is 2.56. The van der Waals surface area contributed by atoms with Gasteiger partial charge in [0, 0.05) is 21.8 Å². The molecule has 0 radical (unpaired) electrons. The van der Waals surface area contributed by atoms with Crippen LogP contribution in [0, 0.1) is 5.82 Å². The number of rotatable bonds is 1. The third kappa shape index (κ3) is 1.99. The van der Waals surface area contributed by atoms with Crippen molar-refractivity contribution in [2.75, 3.05) is 5.73 Å². The van der Waals surface area contributed by atoms with E-state index in [9.17, 15) is 4.39 Å². The highest BCUT2D eigenvalue weighted by Crippen LogP contribution is 2.29. The molecule has 0 aliphatic rings. The van der Waals surface area contributed by atoms with E-state index in [0.29, 0.717) is 16.8 Å². The van der Waals surface area contributed by atoms with Gasteiger partial charge >= 0.3 is 0 Å². The molecule has 2 rings (SSSR count). The largest absolute Gasteiger partial charge is 0.397 e. The Balaban J connectivity index is 2.64. The zero-order valence-electron chi connectivity index (χ0n) is 7.74. The highest BCUT2D eigenvalue weighted by Gasteiger charge is 2.08. The summed E-state index contributed by atoms with van der Waals surface area (Å²) in [5.41, 5.74) is 7.33. The van der Waals surface area contributed by atoms with E-state index in [0.717, 1.165) is 4.47 Å². The van der Waals surface area contributed by atoms with Crippen molar-refractivity contribution < 1.29 is 4.39 Å². The average molecular weight is 267 g/mol. The van der Waals surface area contributed by atoms with Crippen LogP contribution >= 0.6 is 15.9 Å². The van der Waals surface area contributed by atoms with E-state index in [1.54, 1.807) is 24.4 Å². The molecular weight excluding hydrogens is 259 g/mol. The van der Waals surface area contributed by atoms with Gasteiger partial charge in [-0.1, -0.05) is 15.9 Å². The molecule has 0 saturated heterocycles. The van der Waals surface area contributed by atoms with Crippen LogP contribution in [0.5, 0.6) is 0 Å². The quantitative estimate of drug-likeness (QED) is 0.861. The van der Waals surface area contributed by atoms with E-state index in [1.165, 1.54) is 12.3 Å². The number of pyridine rings is 1. The number of anilines is 1. The summed E-state index contributed by atoms with van der Waals surface area (Å²) >= 11 is 3.30. The molecule has 0 spiro atoms. The second-order valence-corrected chi connectivity index (χ2v) is 4.00. The number of nitrogens with two attached hydrogens (primary N) is 1. The Hall–Kier alpha value is -1.42. The Morgan fingerprint density at radius 1 is 1.20 bits per heavy atom. The summed E-state index contributed by atoms with van der Waals surface area (Å²) in [4.78, 5) is 3.86. The molecule has 0 unspecified atom stereocenters. The molecule has 4 heteroatoms. The first-order valence-corrected chi connectivity index (χ1v) is 5.12. The Labute approximate surface area is 95.1 Å². The molecule has 1 aromatic heterocycles. The number of benzene rings is 1. The van der Waals surface area contributed by atoms with Crippen LogP contribution in [0.1, 0.15) is 0 Å². The van der Waals surface area contributed by atoms with Crippen LogP contribution in [0.15, 0.2) is 41.1 Å². The highest BCUT2D eigenvalue weighted by atomic mass is 79.9. The molecule has 0 fully saturated rings. The van der Waals surface area contributed by atoms with Gasteiger partial charge in [-0.25, -0.2) is 4.39 Å². The second kappa shape index (κ2) is 3.98. The van der Waals surface area contributed by atoms with Crippen LogP contribution in [0.25, 0.3) is 11.1 Å². The van der Waals surface area contributed by atoms with Crippen LogP contribution in [-0.2, 0) is 0 Å². The van der Waals surface area contributed by atoms with Crippen molar-refractivity contribution in [3.05, 3.63) is 46.9 Å². The normalized spacial score (nSPS) is 10.3. The monoisotopic (exact) mass is 266 g/mol. The second-order valence-electron chi connectivity index (χ2n) is 3.09. The lowest BCUT2D eigenvalue weighted by molar-refractivity contribution is 0.631. The van der Waals surface area contributed by atoms with E-state index in [-0.39, 0.29) is 5.82 Å². The molecule has 1 aromatic carbocycles. The molecule has 15 heavy (non-hydrogen) atoms. The van der Waals surface area contributed by atoms with Gasteiger partial charge in [-0.2, -0.15) is 0 Å². The zero-order chi connectivity index (χ0) is 10.8. The summed E-state index contributed by atoms with van der Waals surface area (Å²) in [6.45, 7) is 0. The predicted molar refractivity (Wildman–Crippen MR) is 61.7 cm³/mol. The lowest BCUT2D eigenvalue weighted by Crippen LogP contribution is -1.93. The van der Waals surface area contributed by atoms with E-state index in [2.05, 4.69) is 20.9 Å². The molecule has 0 amide bonds. The summed E-state index contributed by atoms with van der Waals surface area (Å²) < 4.78 is 14.4. The number of hydrogen-bond acceptors (Lipinski definition) is 2. The van der Waals surface area contributed by atoms with Crippen LogP contribution in [0.3, 0.4) is 0 Å². The molecule has 2 aromatic rings. The zero-order valence-corrected chi connectivity index (χ0v) is 9.33. The lowest BCUT2D eigenvalue weighted by atomic mass is 10.1. The van der Waals surface area contributed by atoms with Gasteiger partial charge in [0.15, 0.2) is 0 Å². The van der Waals surface area contributed by atoms with Crippen molar-refractivity contribution in [3.8, 4) is 11.1 Å². The van der Waals surface area contributed by atoms with E-state index in [1.807, 2.05) is 0 Å². The molecule has 1 heterocycles. The third-order valence-electron chi connectivity index (χ3n) is 2.07. The van der Waals surface area contributed by atoms with Gasteiger partial charge in [0.25, 0.3) is 0 Å². The van der Waals surface area contributed by atoms with Gasteiger partial charge < -0.3 is 5.73 Å². The van der Waals surface area contributed by atoms with Gasteiger partial charge in [-0.3, -0.25) is 4.98 Å². The first-order valence-electron chi connectivity index (χ1n) is 4.33. The molecule has 76 valence electrons. The minimum Gasteiger partial charge on any atom is -0.397 e. The fourth-order valence-corrected chi connectivity index (χ4v) is 1.72. The molecule has 0 aliphatic carbocycles. The Morgan fingerprint density at radius 3 is 2.73 bits per heavy atom. The van der Waals surface area contributed by atoms with Gasteiger partial charge in [0.05, 0.1) is 11.9 Å². The molecule has 2 N–H and O–H groups in total. The fourth-order valence-electron chi connectivity index (χ4n) is 1.36. The van der Waals surface area contributed by atoms with Gasteiger partial charge in [0.1, 0.15) is 5.82 Å². The van der Waals surface area contributed by atoms with Gasteiger partial charge in [0.2, 0.25) is 0 Å². The first kappa shape index (κ1) is 10.1. The van der Waals surface area contributed by atoms with Crippen molar-refractivity contribution >= 4 is 21.6 Å². The minimum absolute atomic E-state index is 0.295. The van der Waals surface area contributed by atoms with Crippen LogP contribution in [0.2, 0.25) is 0 Å². The van der Waals surface area contributed by atoms with E-state index < -0.39 is 0 Å². The van der Waals surface area contributed by atoms with Crippen LogP contribution in [-0.4, -0.2) is 4.98 Å². The Morgan fingerprint density at radius 2 is 2.00 bits per heavy atom. The average Bonchev–Trinajstić information content (AvgIpc) is 2.23. The smallest absolute Gasteiger partial charge is 0.131 e. The molecule has 0 atom stereocenters. The van der Waals surface area contributed by atoms with Crippen molar-refractivity contribution in [3.63, 3.8) is 0 Å². The molecule has 0 bridgehead atoms. The predicted octanol–water partition coefficient (Wildman–Crippen LogP) is 3.23. The Kier molecular flexibility index (Phi) is 2.68. The summed E-state index contributed by atoms with van der Waals surface area (Å²) in [6.07, 6.45) is 3.10. The standard InChI is InChI=1S/C11H8BrFN2/c12-7-1-2-10(13)9(5-7)8-3-4-15-6-11(8)14/h1-6H,14H2. The first-order chi connectivity index (χ1) is 7.18. The topological polar surface area (TPSA) is 38.9 Å². The maximum Gasteiger partial charge on any atom is 0.131 e. The van der Waals surface area contributed by atoms with Crippen LogP contribution in [0.4, 0.5) is 10.1 Å². The van der Waals surface area contributed by atoms with E-state index >= 15 is 0 Å². The number of aromatic nitrogens is 1.